The number of nitrogens with one attached hydrogen (secondary N) is 2. The van der Waals surface area contributed by atoms with Gasteiger partial charge in [0.1, 0.15) is 26.2 Å². The molecule has 3 aliphatic rings. The predicted molar refractivity (Wildman–Crippen MR) is 84.2 cm³/mol. The van der Waals surface area contributed by atoms with Crippen LogP contribution in [0.3, 0.4) is 0 Å². The maximum Gasteiger partial charge on any atom is 0.127 e. The summed E-state index contributed by atoms with van der Waals surface area (Å²) in [5.41, 5.74) is 0. The number of allylic oxidation sites excluding steroid dienone is 2. The molecular weight excluding hydrogens is 244 g/mol. The van der Waals surface area contributed by atoms with Crippen molar-refractivity contribution in [2.45, 2.75) is 57.9 Å². The Hall–Kier alpha value is -0.340. The van der Waals surface area contributed by atoms with Crippen molar-refractivity contribution in [3.63, 3.8) is 0 Å². The summed E-state index contributed by atoms with van der Waals surface area (Å²) in [4.78, 5) is 3.85. The van der Waals surface area contributed by atoms with Crippen LogP contribution < -0.4 is 9.80 Å². The zero-order chi connectivity index (χ0) is 13.8. The van der Waals surface area contributed by atoms with Crippen molar-refractivity contribution in [3.05, 3.63) is 12.2 Å². The fourth-order valence-corrected chi connectivity index (χ4v) is 4.66. The molecule has 1 atom stereocenters. The summed E-state index contributed by atoms with van der Waals surface area (Å²) in [6.45, 7) is 9.63. The van der Waals surface area contributed by atoms with Crippen LogP contribution in [0, 0.1) is 11.8 Å². The van der Waals surface area contributed by atoms with Gasteiger partial charge in [-0.1, -0.05) is 19.1 Å². The van der Waals surface area contributed by atoms with Crippen LogP contribution >= 0.6 is 0 Å². The average molecular weight is 278 g/mol. The molecule has 0 aromatic heterocycles. The van der Waals surface area contributed by atoms with Crippen LogP contribution in [0.2, 0.25) is 0 Å². The quantitative estimate of drug-likeness (QED) is 0.704. The second-order valence-corrected chi connectivity index (χ2v) is 7.72. The fraction of sp³-hybridized carbons (Fsp3) is 0.889. The van der Waals surface area contributed by atoms with E-state index in [1.54, 1.807) is 0 Å². The van der Waals surface area contributed by atoms with Crippen LogP contribution in [-0.4, -0.2) is 38.8 Å². The van der Waals surface area contributed by atoms with Crippen molar-refractivity contribution in [3.8, 4) is 0 Å². The second-order valence-electron chi connectivity index (χ2n) is 7.72. The monoisotopic (exact) mass is 278 g/mol. The zero-order valence-electron chi connectivity index (χ0n) is 13.4. The highest BCUT2D eigenvalue weighted by molar-refractivity contribution is 4.89. The molecule has 2 aliphatic carbocycles. The first-order valence-corrected chi connectivity index (χ1v) is 9.14. The van der Waals surface area contributed by atoms with Crippen molar-refractivity contribution in [1.82, 2.24) is 0 Å². The van der Waals surface area contributed by atoms with Gasteiger partial charge in [-0.3, -0.25) is 0 Å². The summed E-state index contributed by atoms with van der Waals surface area (Å²) < 4.78 is 0. The van der Waals surface area contributed by atoms with E-state index in [0.717, 1.165) is 17.9 Å². The maximum absolute atomic E-state index is 2.44. The molecule has 2 fully saturated rings. The van der Waals surface area contributed by atoms with E-state index in [1.807, 2.05) is 9.80 Å². The molecule has 0 amide bonds. The maximum atomic E-state index is 2.44. The molecule has 20 heavy (non-hydrogen) atoms. The first-order valence-electron chi connectivity index (χ1n) is 9.14. The van der Waals surface area contributed by atoms with Gasteiger partial charge < -0.3 is 9.80 Å². The van der Waals surface area contributed by atoms with E-state index < -0.39 is 0 Å². The standard InChI is InChI=1S/C18H32N2/c1-16-7-9-18(10-8-16)20-13-11-19(12-14-20)15-17-5-3-2-4-6-17/h2-3,16-18H,4-15H2,1H3/p+2/t16?,17-,18?/m0/s1. The molecule has 1 heterocycles. The van der Waals surface area contributed by atoms with Crippen molar-refractivity contribution < 1.29 is 9.80 Å². The van der Waals surface area contributed by atoms with Crippen LogP contribution in [0.1, 0.15) is 51.9 Å². The highest BCUT2D eigenvalue weighted by Gasteiger charge is 2.32. The molecule has 2 N–H and O–H groups in total. The van der Waals surface area contributed by atoms with E-state index in [1.165, 1.54) is 77.7 Å². The summed E-state index contributed by atoms with van der Waals surface area (Å²) in [6.07, 6.45) is 14.9. The number of rotatable bonds is 3. The van der Waals surface area contributed by atoms with Gasteiger partial charge in [0.05, 0.1) is 12.6 Å². The van der Waals surface area contributed by atoms with Gasteiger partial charge in [0, 0.05) is 5.92 Å². The molecule has 0 radical (unpaired) electrons. The Labute approximate surface area is 125 Å². The van der Waals surface area contributed by atoms with Crippen LogP contribution in [0.4, 0.5) is 0 Å². The van der Waals surface area contributed by atoms with Gasteiger partial charge in [-0.2, -0.15) is 0 Å². The number of hydrogen-bond donors (Lipinski definition) is 2. The van der Waals surface area contributed by atoms with Gasteiger partial charge in [0.25, 0.3) is 0 Å². The van der Waals surface area contributed by atoms with E-state index in [9.17, 15) is 0 Å². The van der Waals surface area contributed by atoms with E-state index >= 15 is 0 Å². The SMILES string of the molecule is CC1CCC([NH+]2CC[NH+](C[C@H]3CC=CCC3)CC2)CC1. The normalized spacial score (nSPS) is 42.5. The van der Waals surface area contributed by atoms with Crippen molar-refractivity contribution in [1.29, 1.82) is 0 Å². The average Bonchev–Trinajstić information content (AvgIpc) is 2.50. The Morgan fingerprint density at radius 2 is 1.65 bits per heavy atom. The van der Waals surface area contributed by atoms with Gasteiger partial charge in [-0.05, 0) is 50.9 Å². The Kier molecular flexibility index (Phi) is 5.17. The Morgan fingerprint density at radius 3 is 2.30 bits per heavy atom. The van der Waals surface area contributed by atoms with E-state index in [4.69, 9.17) is 0 Å². The summed E-state index contributed by atoms with van der Waals surface area (Å²) in [5, 5.41) is 0. The van der Waals surface area contributed by atoms with Crippen molar-refractivity contribution >= 4 is 0 Å². The van der Waals surface area contributed by atoms with Crippen molar-refractivity contribution in [2.24, 2.45) is 11.8 Å². The number of hydrogen-bond acceptors (Lipinski definition) is 0. The molecule has 0 aromatic carbocycles. The van der Waals surface area contributed by atoms with Gasteiger partial charge in [0.15, 0.2) is 0 Å². The third-order valence-corrected chi connectivity index (χ3v) is 6.15. The topological polar surface area (TPSA) is 8.88 Å². The van der Waals surface area contributed by atoms with E-state index in [0.29, 0.717) is 0 Å². The molecule has 1 saturated carbocycles. The van der Waals surface area contributed by atoms with Gasteiger partial charge >= 0.3 is 0 Å². The molecule has 0 spiro atoms. The summed E-state index contributed by atoms with van der Waals surface area (Å²) in [7, 11) is 0. The molecule has 3 rings (SSSR count). The van der Waals surface area contributed by atoms with E-state index in [-0.39, 0.29) is 0 Å². The molecular formula is C18H34N2+2. The minimum Gasteiger partial charge on any atom is -0.325 e. The van der Waals surface area contributed by atoms with Crippen LogP contribution in [0.25, 0.3) is 0 Å². The zero-order valence-corrected chi connectivity index (χ0v) is 13.4. The molecule has 2 heteroatoms. The van der Waals surface area contributed by atoms with Gasteiger partial charge in [-0.15, -0.1) is 0 Å². The van der Waals surface area contributed by atoms with Gasteiger partial charge in [0.2, 0.25) is 0 Å². The smallest absolute Gasteiger partial charge is 0.127 e. The molecule has 0 aromatic rings. The first-order chi connectivity index (χ1) is 9.81. The minimum absolute atomic E-state index is 0.979. The summed E-state index contributed by atoms with van der Waals surface area (Å²) in [6, 6.07) is 1.00. The molecule has 1 aliphatic heterocycles. The highest BCUT2D eigenvalue weighted by Crippen LogP contribution is 2.22. The molecule has 114 valence electrons. The third-order valence-electron chi connectivity index (χ3n) is 6.15. The molecule has 1 saturated heterocycles. The van der Waals surface area contributed by atoms with Gasteiger partial charge in [-0.25, -0.2) is 0 Å². The lowest BCUT2D eigenvalue weighted by molar-refractivity contribution is -1.03. The number of quaternary nitrogens is 2. The largest absolute Gasteiger partial charge is 0.325 e. The predicted octanol–water partition coefficient (Wildman–Crippen LogP) is 0.705. The Morgan fingerprint density at radius 1 is 0.900 bits per heavy atom. The van der Waals surface area contributed by atoms with Crippen LogP contribution in [0.5, 0.6) is 0 Å². The Bertz CT molecular complexity index is 309. The summed E-state index contributed by atoms with van der Waals surface area (Å²) >= 11 is 0. The lowest BCUT2D eigenvalue weighted by Crippen LogP contribution is -3.29. The Balaban J connectivity index is 1.39. The molecule has 0 unspecified atom stereocenters. The van der Waals surface area contributed by atoms with Crippen molar-refractivity contribution in [2.75, 3.05) is 32.7 Å². The highest BCUT2D eigenvalue weighted by atomic mass is 15.3. The molecule has 2 nitrogen and oxygen atoms in total. The fourth-order valence-electron chi connectivity index (χ4n) is 4.66. The minimum atomic E-state index is 0.979. The second kappa shape index (κ2) is 7.09. The lowest BCUT2D eigenvalue weighted by atomic mass is 9.86. The molecule has 0 bridgehead atoms. The van der Waals surface area contributed by atoms with E-state index in [2.05, 4.69) is 19.1 Å². The first kappa shape index (κ1) is 14.6. The third kappa shape index (κ3) is 3.85. The number of piperazine rings is 1. The lowest BCUT2D eigenvalue weighted by Gasteiger charge is -2.38. The summed E-state index contributed by atoms with van der Waals surface area (Å²) in [5.74, 6) is 1.98. The van der Waals surface area contributed by atoms with Crippen LogP contribution in [0.15, 0.2) is 12.2 Å². The van der Waals surface area contributed by atoms with Crippen LogP contribution in [-0.2, 0) is 0 Å².